The fourth-order valence-electron chi connectivity index (χ4n) is 5.02. The first-order valence-electron chi connectivity index (χ1n) is 12.3. The molecule has 0 bridgehead atoms. The molecule has 2 heterocycles. The molecule has 10 nitrogen and oxygen atoms in total. The van der Waals surface area contributed by atoms with Gasteiger partial charge in [0.25, 0.3) is 5.91 Å². The van der Waals surface area contributed by atoms with Crippen LogP contribution in [0.5, 0.6) is 0 Å². The molecule has 0 spiro atoms. The molecule has 0 aliphatic heterocycles. The van der Waals surface area contributed by atoms with Crippen LogP contribution in [0.1, 0.15) is 86.8 Å². The van der Waals surface area contributed by atoms with Crippen LogP contribution in [0, 0.1) is 5.92 Å². The third-order valence-electron chi connectivity index (χ3n) is 6.80. The van der Waals surface area contributed by atoms with Gasteiger partial charge in [-0.05, 0) is 64.7 Å². The number of carbonyl (C=O) groups is 2. The van der Waals surface area contributed by atoms with E-state index in [4.69, 9.17) is 9.47 Å². The highest BCUT2D eigenvalue weighted by molar-refractivity contribution is 6.03. The maximum Gasteiger partial charge on any atom is 0.407 e. The summed E-state index contributed by atoms with van der Waals surface area (Å²) < 4.78 is 12.7. The van der Waals surface area contributed by atoms with E-state index in [2.05, 4.69) is 25.9 Å². The second-order valence-corrected chi connectivity index (χ2v) is 9.84. The molecule has 2 aromatic heterocycles. The largest absolute Gasteiger partial charge is 0.446 e. The number of rotatable bonds is 8. The van der Waals surface area contributed by atoms with E-state index < -0.39 is 0 Å². The summed E-state index contributed by atoms with van der Waals surface area (Å²) in [5, 5.41) is 17.3. The van der Waals surface area contributed by atoms with E-state index in [9.17, 15) is 9.59 Å². The number of methoxy groups -OCH3 is 1. The van der Waals surface area contributed by atoms with E-state index in [0.717, 1.165) is 57.2 Å². The van der Waals surface area contributed by atoms with Gasteiger partial charge in [0.1, 0.15) is 6.10 Å². The molecule has 2 saturated carbocycles. The van der Waals surface area contributed by atoms with Gasteiger partial charge in [0, 0.05) is 43.6 Å². The van der Waals surface area contributed by atoms with Crippen molar-refractivity contribution < 1.29 is 19.1 Å². The third-order valence-corrected chi connectivity index (χ3v) is 6.80. The number of hydrogen-bond donors (Lipinski definition) is 3. The van der Waals surface area contributed by atoms with E-state index in [0.29, 0.717) is 23.3 Å². The normalized spacial score (nSPS) is 24.8. The minimum atomic E-state index is -0.373. The zero-order valence-corrected chi connectivity index (χ0v) is 20.3. The number of ether oxygens (including phenoxy) is 2. The van der Waals surface area contributed by atoms with Gasteiger partial charge in [-0.2, -0.15) is 10.2 Å². The van der Waals surface area contributed by atoms with Crippen LogP contribution in [0.3, 0.4) is 0 Å². The second kappa shape index (κ2) is 11.0. The smallest absolute Gasteiger partial charge is 0.407 e. The number of nitrogens with one attached hydrogen (secondary N) is 3. The van der Waals surface area contributed by atoms with E-state index in [-0.39, 0.29) is 30.1 Å². The Labute approximate surface area is 200 Å². The Balaban J connectivity index is 1.27. The van der Waals surface area contributed by atoms with Crippen molar-refractivity contribution in [3.63, 3.8) is 0 Å². The van der Waals surface area contributed by atoms with Gasteiger partial charge >= 0.3 is 6.09 Å². The van der Waals surface area contributed by atoms with Gasteiger partial charge in [-0.3, -0.25) is 14.6 Å². The summed E-state index contributed by atoms with van der Waals surface area (Å²) in [6, 6.07) is 2.24. The highest BCUT2D eigenvalue weighted by Gasteiger charge is 2.30. The zero-order valence-electron chi connectivity index (χ0n) is 20.3. The topological polar surface area (TPSA) is 123 Å². The second-order valence-electron chi connectivity index (χ2n) is 9.84. The summed E-state index contributed by atoms with van der Waals surface area (Å²) in [5.41, 5.74) is 1.46. The van der Waals surface area contributed by atoms with Crippen molar-refractivity contribution in [2.24, 2.45) is 5.92 Å². The molecular weight excluding hydrogens is 436 g/mol. The van der Waals surface area contributed by atoms with Crippen molar-refractivity contribution >= 4 is 17.8 Å². The molecule has 0 saturated heterocycles. The number of aromatic amines is 1. The van der Waals surface area contributed by atoms with Crippen molar-refractivity contribution in [3.05, 3.63) is 29.7 Å². The number of anilines is 1. The predicted octanol–water partition coefficient (Wildman–Crippen LogP) is 4.01. The maximum absolute atomic E-state index is 12.7. The number of carbonyl (C=O) groups excluding carboxylic acids is 2. The lowest BCUT2D eigenvalue weighted by atomic mass is 9.86. The van der Waals surface area contributed by atoms with Crippen LogP contribution in [-0.4, -0.2) is 57.8 Å². The highest BCUT2D eigenvalue weighted by atomic mass is 16.6. The van der Waals surface area contributed by atoms with Crippen molar-refractivity contribution in [2.75, 3.05) is 19.0 Å². The van der Waals surface area contributed by atoms with Crippen LogP contribution in [0.2, 0.25) is 0 Å². The van der Waals surface area contributed by atoms with E-state index in [1.54, 1.807) is 13.3 Å². The monoisotopic (exact) mass is 472 g/mol. The standard InChI is InChI=1S/C24H36N6O4/c1-15(2)26-24(32)34-20-9-6-17(10-20)21-11-22(29-28-21)27-23(31)18-12-25-30(13-18)19-7-4-16(5-8-19)14-33-3/h11-13,15-17,19-20H,4-10,14H2,1-3H3,(H,26,32)(H2,27,28,29,31)/t16?,17-,19?,20+/m0/s1. The molecule has 186 valence electrons. The summed E-state index contributed by atoms with van der Waals surface area (Å²) in [6.07, 6.45) is 9.73. The number of H-pyrrole nitrogens is 1. The van der Waals surface area contributed by atoms with Crippen LogP contribution in [-0.2, 0) is 9.47 Å². The van der Waals surface area contributed by atoms with Crippen LogP contribution in [0.15, 0.2) is 18.5 Å². The minimum Gasteiger partial charge on any atom is -0.446 e. The molecule has 2 fully saturated rings. The molecule has 0 aromatic carbocycles. The van der Waals surface area contributed by atoms with Gasteiger partial charge in [-0.15, -0.1) is 0 Å². The first-order chi connectivity index (χ1) is 16.4. The average molecular weight is 473 g/mol. The van der Waals surface area contributed by atoms with E-state index in [1.165, 1.54) is 0 Å². The van der Waals surface area contributed by atoms with Gasteiger partial charge in [0.05, 0.1) is 17.8 Å². The Hall–Kier alpha value is -2.88. The van der Waals surface area contributed by atoms with Crippen LogP contribution < -0.4 is 10.6 Å². The molecule has 2 aromatic rings. The predicted molar refractivity (Wildman–Crippen MR) is 127 cm³/mol. The lowest BCUT2D eigenvalue weighted by molar-refractivity contribution is 0.0979. The van der Waals surface area contributed by atoms with Gasteiger partial charge < -0.3 is 20.1 Å². The number of amides is 2. The highest BCUT2D eigenvalue weighted by Crippen LogP contribution is 2.36. The summed E-state index contributed by atoms with van der Waals surface area (Å²) in [7, 11) is 1.75. The Morgan fingerprint density at radius 2 is 2.00 bits per heavy atom. The lowest BCUT2D eigenvalue weighted by Gasteiger charge is -2.28. The van der Waals surface area contributed by atoms with Crippen molar-refractivity contribution in [2.45, 2.75) is 82.9 Å². The van der Waals surface area contributed by atoms with Gasteiger partial charge in [-0.1, -0.05) is 0 Å². The molecule has 0 unspecified atom stereocenters. The van der Waals surface area contributed by atoms with E-state index >= 15 is 0 Å². The summed E-state index contributed by atoms with van der Waals surface area (Å²) in [6.45, 7) is 4.62. The molecule has 4 rings (SSSR count). The number of alkyl carbamates (subject to hydrolysis) is 1. The summed E-state index contributed by atoms with van der Waals surface area (Å²) in [4.78, 5) is 24.6. The average Bonchev–Trinajstić information content (AvgIpc) is 3.55. The number of hydrogen-bond acceptors (Lipinski definition) is 6. The van der Waals surface area contributed by atoms with Gasteiger partial charge in [-0.25, -0.2) is 4.79 Å². The fraction of sp³-hybridized carbons (Fsp3) is 0.667. The third kappa shape index (κ3) is 6.16. The lowest BCUT2D eigenvalue weighted by Crippen LogP contribution is -2.33. The molecule has 2 aliphatic rings. The van der Waals surface area contributed by atoms with Gasteiger partial charge in [0.15, 0.2) is 5.82 Å². The Bertz CT molecular complexity index is 962. The Morgan fingerprint density at radius 1 is 1.21 bits per heavy atom. The molecular formula is C24H36N6O4. The quantitative estimate of drug-likeness (QED) is 0.533. The molecule has 3 N–H and O–H groups in total. The molecule has 0 radical (unpaired) electrons. The van der Waals surface area contributed by atoms with Crippen molar-refractivity contribution in [1.82, 2.24) is 25.3 Å². The molecule has 34 heavy (non-hydrogen) atoms. The summed E-state index contributed by atoms with van der Waals surface area (Å²) in [5.74, 6) is 1.09. The van der Waals surface area contributed by atoms with Crippen LogP contribution in [0.25, 0.3) is 0 Å². The first-order valence-corrected chi connectivity index (χ1v) is 12.3. The molecule has 2 aliphatic carbocycles. The van der Waals surface area contributed by atoms with E-state index in [1.807, 2.05) is 30.8 Å². The van der Waals surface area contributed by atoms with Crippen molar-refractivity contribution in [1.29, 1.82) is 0 Å². The van der Waals surface area contributed by atoms with Gasteiger partial charge in [0.2, 0.25) is 0 Å². The van der Waals surface area contributed by atoms with Crippen LogP contribution in [0.4, 0.5) is 10.6 Å². The van der Waals surface area contributed by atoms with Crippen LogP contribution >= 0.6 is 0 Å². The zero-order chi connectivity index (χ0) is 24.1. The first kappa shape index (κ1) is 24.3. The summed E-state index contributed by atoms with van der Waals surface area (Å²) >= 11 is 0. The number of aromatic nitrogens is 4. The molecule has 2 amide bonds. The SMILES string of the molecule is COCC1CCC(n2cc(C(=O)Nc3cc([C@H]4CC[C@@H](OC(=O)NC(C)C)C4)[nH]n3)cn2)CC1. The Morgan fingerprint density at radius 3 is 2.74 bits per heavy atom. The minimum absolute atomic E-state index is 0.0477. The molecule has 10 heteroatoms. The fourth-order valence-corrected chi connectivity index (χ4v) is 5.02. The molecule has 2 atom stereocenters. The number of nitrogens with zero attached hydrogens (tertiary/aromatic N) is 3. The van der Waals surface area contributed by atoms with Crippen molar-refractivity contribution in [3.8, 4) is 0 Å². The maximum atomic E-state index is 12.7. The Kier molecular flexibility index (Phi) is 7.87.